The number of nitrogens with one attached hydrogen (secondary N) is 2. The average molecular weight is 418 g/mol. The molecular weight excluding hydrogens is 394 g/mol. The largest absolute Gasteiger partial charge is 0.324 e. The molecule has 0 unspecified atom stereocenters. The Bertz CT molecular complexity index is 797. The Labute approximate surface area is 162 Å². The fraction of sp³-hybridized carbons (Fsp3) is 0.300. The molecule has 0 atom stereocenters. The third-order valence-corrected chi connectivity index (χ3v) is 4.61. The maximum Gasteiger partial charge on any atom is 0.238 e. The van der Waals surface area contributed by atoms with Crippen LogP contribution in [0.25, 0.3) is 0 Å². The first-order chi connectivity index (χ1) is 12.3. The molecule has 0 heterocycles. The van der Waals surface area contributed by atoms with Gasteiger partial charge in [0.05, 0.1) is 18.8 Å². The Balaban J connectivity index is 1.89. The third kappa shape index (κ3) is 5.68. The van der Waals surface area contributed by atoms with Crippen LogP contribution in [-0.2, 0) is 9.59 Å². The van der Waals surface area contributed by atoms with Gasteiger partial charge >= 0.3 is 0 Å². The number of hydrogen-bond donors (Lipinski definition) is 2. The van der Waals surface area contributed by atoms with Crippen LogP contribution in [0.2, 0.25) is 0 Å². The van der Waals surface area contributed by atoms with Crippen LogP contribution in [0, 0.1) is 20.8 Å². The zero-order valence-electron chi connectivity index (χ0n) is 15.5. The summed E-state index contributed by atoms with van der Waals surface area (Å²) in [5, 5.41) is 5.78. The van der Waals surface area contributed by atoms with Crippen LogP contribution >= 0.6 is 15.9 Å². The molecule has 2 aromatic carbocycles. The quantitative estimate of drug-likeness (QED) is 0.749. The van der Waals surface area contributed by atoms with Crippen molar-refractivity contribution in [1.82, 2.24) is 4.90 Å². The van der Waals surface area contributed by atoms with E-state index in [4.69, 9.17) is 0 Å². The summed E-state index contributed by atoms with van der Waals surface area (Å²) < 4.78 is 0.819. The van der Waals surface area contributed by atoms with E-state index >= 15 is 0 Å². The van der Waals surface area contributed by atoms with Gasteiger partial charge in [0.15, 0.2) is 0 Å². The van der Waals surface area contributed by atoms with Crippen molar-refractivity contribution >= 4 is 39.1 Å². The summed E-state index contributed by atoms with van der Waals surface area (Å²) in [4.78, 5) is 26.2. The zero-order chi connectivity index (χ0) is 19.3. The summed E-state index contributed by atoms with van der Waals surface area (Å²) >= 11 is 3.39. The fourth-order valence-corrected chi connectivity index (χ4v) is 3.24. The minimum absolute atomic E-state index is 0.126. The van der Waals surface area contributed by atoms with Crippen LogP contribution in [-0.4, -0.2) is 36.9 Å². The van der Waals surface area contributed by atoms with Gasteiger partial charge in [-0.2, -0.15) is 0 Å². The van der Waals surface area contributed by atoms with E-state index in [0.717, 1.165) is 21.3 Å². The number of para-hydroxylation sites is 1. The Kier molecular flexibility index (Phi) is 6.94. The van der Waals surface area contributed by atoms with E-state index in [9.17, 15) is 9.59 Å². The van der Waals surface area contributed by atoms with E-state index in [0.29, 0.717) is 5.69 Å². The molecule has 0 spiro atoms. The van der Waals surface area contributed by atoms with Gasteiger partial charge in [-0.25, -0.2) is 0 Å². The summed E-state index contributed by atoms with van der Waals surface area (Å²) in [5.74, 6) is -0.314. The molecule has 0 saturated heterocycles. The van der Waals surface area contributed by atoms with Gasteiger partial charge < -0.3 is 10.6 Å². The molecule has 2 rings (SSSR count). The van der Waals surface area contributed by atoms with Crippen LogP contribution in [0.4, 0.5) is 11.4 Å². The van der Waals surface area contributed by atoms with Crippen molar-refractivity contribution in [3.8, 4) is 0 Å². The van der Waals surface area contributed by atoms with Crippen molar-refractivity contribution in [3.63, 3.8) is 0 Å². The van der Waals surface area contributed by atoms with Gasteiger partial charge in [-0.15, -0.1) is 0 Å². The number of rotatable bonds is 6. The summed E-state index contributed by atoms with van der Waals surface area (Å²) in [6.45, 7) is 6.24. The second kappa shape index (κ2) is 8.96. The Hall–Kier alpha value is -2.18. The molecule has 138 valence electrons. The van der Waals surface area contributed by atoms with E-state index in [2.05, 4.69) is 26.6 Å². The highest BCUT2D eigenvalue weighted by Crippen LogP contribution is 2.22. The Morgan fingerprint density at radius 3 is 2.08 bits per heavy atom. The first kappa shape index (κ1) is 20.1. The zero-order valence-corrected chi connectivity index (χ0v) is 17.1. The van der Waals surface area contributed by atoms with E-state index in [1.807, 2.05) is 57.2 Å². The standard InChI is InChI=1S/C20H24BrN3O2/c1-13-9-14(2)20(15(3)10-13)23-19(26)12-24(4)11-18(25)22-17-8-6-5-7-16(17)21/h5-10H,11-12H2,1-4H3,(H,22,25)(H,23,26). The monoisotopic (exact) mass is 417 g/mol. The summed E-state index contributed by atoms with van der Waals surface area (Å²) in [6.07, 6.45) is 0. The van der Waals surface area contributed by atoms with E-state index < -0.39 is 0 Å². The number of halogens is 1. The predicted molar refractivity (Wildman–Crippen MR) is 110 cm³/mol. The van der Waals surface area contributed by atoms with Gasteiger partial charge in [0.2, 0.25) is 11.8 Å². The smallest absolute Gasteiger partial charge is 0.238 e. The highest BCUT2D eigenvalue weighted by Gasteiger charge is 2.13. The lowest BCUT2D eigenvalue weighted by Crippen LogP contribution is -2.36. The SMILES string of the molecule is Cc1cc(C)c(NC(=O)CN(C)CC(=O)Nc2ccccc2Br)c(C)c1. The number of amides is 2. The van der Waals surface area contributed by atoms with Gasteiger partial charge in [-0.1, -0.05) is 29.8 Å². The van der Waals surface area contributed by atoms with Crippen molar-refractivity contribution in [3.05, 3.63) is 57.6 Å². The number of likely N-dealkylation sites (N-methyl/N-ethyl adjacent to an activating group) is 1. The van der Waals surface area contributed by atoms with E-state index in [-0.39, 0.29) is 24.9 Å². The van der Waals surface area contributed by atoms with Gasteiger partial charge in [0.1, 0.15) is 0 Å². The molecule has 26 heavy (non-hydrogen) atoms. The molecule has 0 radical (unpaired) electrons. The van der Waals surface area contributed by atoms with Crippen molar-refractivity contribution in [2.45, 2.75) is 20.8 Å². The van der Waals surface area contributed by atoms with Crippen LogP contribution in [0.3, 0.4) is 0 Å². The van der Waals surface area contributed by atoms with Gasteiger partial charge in [-0.05, 0) is 67.0 Å². The molecule has 6 heteroatoms. The molecule has 2 amide bonds. The fourth-order valence-electron chi connectivity index (χ4n) is 2.85. The normalized spacial score (nSPS) is 10.7. The van der Waals surface area contributed by atoms with Gasteiger partial charge in [0.25, 0.3) is 0 Å². The molecule has 2 N–H and O–H groups in total. The lowest BCUT2D eigenvalue weighted by atomic mass is 10.1. The molecule has 5 nitrogen and oxygen atoms in total. The topological polar surface area (TPSA) is 61.4 Å². The Morgan fingerprint density at radius 1 is 0.962 bits per heavy atom. The van der Waals surface area contributed by atoms with Crippen LogP contribution < -0.4 is 10.6 Å². The molecular formula is C20H24BrN3O2. The summed E-state index contributed by atoms with van der Waals surface area (Å²) in [5.41, 5.74) is 4.78. The van der Waals surface area contributed by atoms with Crippen molar-refractivity contribution in [2.75, 3.05) is 30.8 Å². The highest BCUT2D eigenvalue weighted by molar-refractivity contribution is 9.10. The van der Waals surface area contributed by atoms with E-state index in [1.54, 1.807) is 11.9 Å². The summed E-state index contributed by atoms with van der Waals surface area (Å²) in [7, 11) is 1.74. The highest BCUT2D eigenvalue weighted by atomic mass is 79.9. The molecule has 0 saturated carbocycles. The number of carbonyl (C=O) groups is 2. The van der Waals surface area contributed by atoms with Gasteiger partial charge in [-0.3, -0.25) is 14.5 Å². The van der Waals surface area contributed by atoms with Crippen molar-refractivity contribution in [1.29, 1.82) is 0 Å². The van der Waals surface area contributed by atoms with Crippen molar-refractivity contribution in [2.24, 2.45) is 0 Å². The minimum Gasteiger partial charge on any atom is -0.324 e. The molecule has 2 aromatic rings. The molecule has 0 aliphatic rings. The number of hydrogen-bond acceptors (Lipinski definition) is 3. The van der Waals surface area contributed by atoms with Crippen molar-refractivity contribution < 1.29 is 9.59 Å². The van der Waals surface area contributed by atoms with Crippen LogP contribution in [0.5, 0.6) is 0 Å². The third-order valence-electron chi connectivity index (χ3n) is 3.92. The average Bonchev–Trinajstić information content (AvgIpc) is 2.52. The van der Waals surface area contributed by atoms with Gasteiger partial charge in [0, 0.05) is 10.2 Å². The molecule has 0 aliphatic heterocycles. The number of anilines is 2. The Morgan fingerprint density at radius 2 is 1.50 bits per heavy atom. The maximum atomic E-state index is 12.3. The predicted octanol–water partition coefficient (Wildman–Crippen LogP) is 3.88. The van der Waals surface area contributed by atoms with E-state index in [1.165, 1.54) is 5.56 Å². The minimum atomic E-state index is -0.171. The lowest BCUT2D eigenvalue weighted by molar-refractivity contribution is -0.119. The molecule has 0 bridgehead atoms. The second-order valence-electron chi connectivity index (χ2n) is 6.52. The molecule has 0 aromatic heterocycles. The lowest BCUT2D eigenvalue weighted by Gasteiger charge is -2.18. The second-order valence-corrected chi connectivity index (χ2v) is 7.38. The molecule has 0 aliphatic carbocycles. The van der Waals surface area contributed by atoms with Crippen LogP contribution in [0.1, 0.15) is 16.7 Å². The maximum absolute atomic E-state index is 12.3. The first-order valence-corrected chi connectivity index (χ1v) is 9.16. The summed E-state index contributed by atoms with van der Waals surface area (Å²) in [6, 6.07) is 11.5. The number of benzene rings is 2. The molecule has 0 fully saturated rings. The van der Waals surface area contributed by atoms with Crippen LogP contribution in [0.15, 0.2) is 40.9 Å². The number of nitrogens with zero attached hydrogens (tertiary/aromatic N) is 1. The number of carbonyl (C=O) groups excluding carboxylic acids is 2. The first-order valence-electron chi connectivity index (χ1n) is 8.37. The number of aryl methyl sites for hydroxylation is 3.